The smallest absolute Gasteiger partial charge is 0.341 e. The zero-order valence-electron chi connectivity index (χ0n) is 16.0. The number of aryl methyl sites for hydroxylation is 1. The third-order valence-electron chi connectivity index (χ3n) is 5.02. The van der Waals surface area contributed by atoms with Crippen LogP contribution in [0.25, 0.3) is 22.4 Å². The standard InChI is InChI=1S/C22H19N3O4/c1-3-16-18(26)17-19(23(2)20(16)27)24(14-10-6-4-7-11-14)22(29)25(21(17)28)15-12-8-5-9-13-15/h4-13,26H,3H2,1-2H3. The van der Waals surface area contributed by atoms with Crippen molar-refractivity contribution in [3.05, 3.63) is 97.4 Å². The maximum absolute atomic E-state index is 13.5. The number of para-hydroxylation sites is 2. The lowest BCUT2D eigenvalue weighted by atomic mass is 10.1. The van der Waals surface area contributed by atoms with E-state index in [1.807, 2.05) is 0 Å². The number of rotatable bonds is 3. The van der Waals surface area contributed by atoms with E-state index >= 15 is 0 Å². The molecule has 4 aromatic rings. The van der Waals surface area contributed by atoms with Gasteiger partial charge >= 0.3 is 5.69 Å². The highest BCUT2D eigenvalue weighted by molar-refractivity contribution is 5.84. The molecule has 146 valence electrons. The van der Waals surface area contributed by atoms with E-state index in [1.54, 1.807) is 67.6 Å². The number of fused-ring (bicyclic) bond motifs is 1. The third-order valence-corrected chi connectivity index (χ3v) is 5.02. The Morgan fingerprint density at radius 1 is 0.793 bits per heavy atom. The first-order chi connectivity index (χ1) is 14.0. The molecule has 1 N–H and O–H groups in total. The van der Waals surface area contributed by atoms with Crippen LogP contribution in [0.2, 0.25) is 0 Å². The highest BCUT2D eigenvalue weighted by Crippen LogP contribution is 2.24. The summed E-state index contributed by atoms with van der Waals surface area (Å²) in [5.41, 5.74) is -0.706. The summed E-state index contributed by atoms with van der Waals surface area (Å²) in [6, 6.07) is 17.2. The number of aromatic hydroxyl groups is 1. The summed E-state index contributed by atoms with van der Waals surface area (Å²) in [4.78, 5) is 39.6. The zero-order valence-corrected chi connectivity index (χ0v) is 16.0. The molecule has 0 atom stereocenters. The molecule has 7 heteroatoms. The molecule has 29 heavy (non-hydrogen) atoms. The lowest BCUT2D eigenvalue weighted by Gasteiger charge is -2.18. The van der Waals surface area contributed by atoms with E-state index < -0.39 is 16.8 Å². The van der Waals surface area contributed by atoms with Crippen LogP contribution in [0.1, 0.15) is 12.5 Å². The van der Waals surface area contributed by atoms with Gasteiger partial charge in [0.15, 0.2) is 0 Å². The normalized spacial score (nSPS) is 11.1. The van der Waals surface area contributed by atoms with Crippen molar-refractivity contribution in [2.24, 2.45) is 7.05 Å². The van der Waals surface area contributed by atoms with Gasteiger partial charge in [0.05, 0.1) is 16.9 Å². The van der Waals surface area contributed by atoms with Gasteiger partial charge in [-0.1, -0.05) is 43.3 Å². The van der Waals surface area contributed by atoms with Gasteiger partial charge in [-0.15, -0.1) is 0 Å². The topological polar surface area (TPSA) is 86.2 Å². The first-order valence-corrected chi connectivity index (χ1v) is 9.20. The van der Waals surface area contributed by atoms with Crippen molar-refractivity contribution in [2.75, 3.05) is 0 Å². The van der Waals surface area contributed by atoms with Crippen LogP contribution in [0.5, 0.6) is 5.75 Å². The van der Waals surface area contributed by atoms with E-state index in [2.05, 4.69) is 0 Å². The Morgan fingerprint density at radius 2 is 1.31 bits per heavy atom. The summed E-state index contributed by atoms with van der Waals surface area (Å²) < 4.78 is 3.54. The third kappa shape index (κ3) is 2.70. The Kier molecular flexibility index (Phi) is 4.43. The van der Waals surface area contributed by atoms with E-state index in [0.717, 1.165) is 4.57 Å². The van der Waals surface area contributed by atoms with Crippen LogP contribution in [0.4, 0.5) is 0 Å². The molecule has 2 aromatic carbocycles. The number of nitrogens with zero attached hydrogens (tertiary/aromatic N) is 3. The molecule has 0 saturated carbocycles. The Morgan fingerprint density at radius 3 is 1.83 bits per heavy atom. The monoisotopic (exact) mass is 389 g/mol. The number of pyridine rings is 1. The van der Waals surface area contributed by atoms with Crippen LogP contribution >= 0.6 is 0 Å². The van der Waals surface area contributed by atoms with Crippen LogP contribution in [0.3, 0.4) is 0 Å². The molecule has 0 unspecified atom stereocenters. The van der Waals surface area contributed by atoms with Gasteiger partial charge in [0.25, 0.3) is 11.1 Å². The Hall–Kier alpha value is -3.87. The highest BCUT2D eigenvalue weighted by atomic mass is 16.3. The fourth-order valence-electron chi connectivity index (χ4n) is 3.61. The van der Waals surface area contributed by atoms with Gasteiger partial charge in [-0.3, -0.25) is 14.2 Å². The highest BCUT2D eigenvalue weighted by Gasteiger charge is 2.23. The minimum Gasteiger partial charge on any atom is -0.506 e. The van der Waals surface area contributed by atoms with Crippen molar-refractivity contribution in [1.29, 1.82) is 0 Å². The molecule has 7 nitrogen and oxygen atoms in total. The Bertz CT molecular complexity index is 1400. The van der Waals surface area contributed by atoms with Gasteiger partial charge in [-0.2, -0.15) is 0 Å². The number of aromatic nitrogens is 3. The summed E-state index contributed by atoms with van der Waals surface area (Å²) >= 11 is 0. The fourth-order valence-corrected chi connectivity index (χ4v) is 3.61. The summed E-state index contributed by atoms with van der Waals surface area (Å²) in [6.45, 7) is 1.73. The first-order valence-electron chi connectivity index (χ1n) is 9.20. The molecular formula is C22H19N3O4. The second-order valence-corrected chi connectivity index (χ2v) is 6.67. The Balaban J connectivity index is 2.35. The van der Waals surface area contributed by atoms with Crippen molar-refractivity contribution in [3.63, 3.8) is 0 Å². The molecule has 2 aromatic heterocycles. The molecule has 0 radical (unpaired) electrons. The van der Waals surface area contributed by atoms with E-state index in [4.69, 9.17) is 0 Å². The summed E-state index contributed by atoms with van der Waals surface area (Å²) in [5.74, 6) is -0.384. The van der Waals surface area contributed by atoms with Crippen molar-refractivity contribution in [1.82, 2.24) is 13.7 Å². The van der Waals surface area contributed by atoms with Crippen LogP contribution in [0.15, 0.2) is 75.0 Å². The predicted molar refractivity (Wildman–Crippen MR) is 111 cm³/mol. The van der Waals surface area contributed by atoms with Gasteiger partial charge in [0.1, 0.15) is 16.8 Å². The van der Waals surface area contributed by atoms with Gasteiger partial charge < -0.3 is 5.11 Å². The SMILES string of the molecule is CCc1c(O)c2c(=O)n(-c3ccccc3)c(=O)n(-c3ccccc3)c2n(C)c1=O. The molecule has 0 amide bonds. The molecule has 4 rings (SSSR count). The van der Waals surface area contributed by atoms with Crippen LogP contribution in [-0.2, 0) is 13.5 Å². The van der Waals surface area contributed by atoms with Crippen molar-refractivity contribution >= 4 is 11.0 Å². The number of hydrogen-bond acceptors (Lipinski definition) is 4. The minimum absolute atomic E-state index is 0.0538. The summed E-state index contributed by atoms with van der Waals surface area (Å²) in [6.07, 6.45) is 0.254. The van der Waals surface area contributed by atoms with Crippen LogP contribution in [-0.4, -0.2) is 18.8 Å². The first kappa shape index (κ1) is 18.5. The Labute approximate surface area is 165 Å². The van der Waals surface area contributed by atoms with Crippen molar-refractivity contribution in [3.8, 4) is 17.1 Å². The summed E-state index contributed by atoms with van der Waals surface area (Å²) in [7, 11) is 1.49. The molecule has 0 bridgehead atoms. The summed E-state index contributed by atoms with van der Waals surface area (Å²) in [5, 5.41) is 10.8. The van der Waals surface area contributed by atoms with Gasteiger partial charge in [0, 0.05) is 7.05 Å². The predicted octanol–water partition coefficient (Wildman–Crippen LogP) is 2.11. The molecular weight excluding hydrogens is 370 g/mol. The number of hydrogen-bond donors (Lipinski definition) is 1. The molecule has 0 aliphatic rings. The average molecular weight is 389 g/mol. The number of benzene rings is 2. The maximum atomic E-state index is 13.5. The lowest BCUT2D eigenvalue weighted by molar-refractivity contribution is 0.470. The fraction of sp³-hybridized carbons (Fsp3) is 0.136. The zero-order chi connectivity index (χ0) is 20.7. The van der Waals surface area contributed by atoms with Crippen molar-refractivity contribution in [2.45, 2.75) is 13.3 Å². The van der Waals surface area contributed by atoms with E-state index in [0.29, 0.717) is 11.4 Å². The molecule has 0 saturated heterocycles. The molecule has 2 heterocycles. The molecule has 0 fully saturated rings. The second kappa shape index (κ2) is 6.94. The van der Waals surface area contributed by atoms with E-state index in [-0.39, 0.29) is 28.8 Å². The van der Waals surface area contributed by atoms with E-state index in [9.17, 15) is 19.5 Å². The maximum Gasteiger partial charge on any atom is 0.341 e. The quantitative estimate of drug-likeness (QED) is 0.581. The molecule has 0 aliphatic carbocycles. The molecule has 0 aliphatic heterocycles. The lowest BCUT2D eigenvalue weighted by Crippen LogP contribution is -2.41. The van der Waals surface area contributed by atoms with Crippen LogP contribution < -0.4 is 16.8 Å². The van der Waals surface area contributed by atoms with Gasteiger partial charge in [-0.25, -0.2) is 13.9 Å². The van der Waals surface area contributed by atoms with Gasteiger partial charge in [0.2, 0.25) is 0 Å². The van der Waals surface area contributed by atoms with Crippen molar-refractivity contribution < 1.29 is 5.11 Å². The second-order valence-electron chi connectivity index (χ2n) is 6.67. The average Bonchev–Trinajstić information content (AvgIpc) is 2.73. The largest absolute Gasteiger partial charge is 0.506 e. The van der Waals surface area contributed by atoms with E-state index in [1.165, 1.54) is 16.2 Å². The van der Waals surface area contributed by atoms with Gasteiger partial charge in [-0.05, 0) is 30.7 Å². The molecule has 0 spiro atoms. The minimum atomic E-state index is -0.675. The van der Waals surface area contributed by atoms with Crippen LogP contribution in [0, 0.1) is 0 Å².